The van der Waals surface area contributed by atoms with Gasteiger partial charge in [0.15, 0.2) is 0 Å². The maximum atomic E-state index is 6.21. The SMILES string of the molecule is CCN1c2cc(C)c(C=Nc3ccc(C)c(Cl)c3)cc2C(C)=CC1(C)C. The van der Waals surface area contributed by atoms with Gasteiger partial charge in [-0.25, -0.2) is 0 Å². The minimum Gasteiger partial charge on any atom is -0.363 e. The number of benzene rings is 2. The Bertz CT molecular complexity index is 907. The maximum absolute atomic E-state index is 6.21. The zero-order chi connectivity index (χ0) is 19.1. The second-order valence-corrected chi connectivity index (χ2v) is 8.05. The van der Waals surface area contributed by atoms with Crippen molar-refractivity contribution in [2.45, 2.75) is 47.1 Å². The summed E-state index contributed by atoms with van der Waals surface area (Å²) in [5.41, 5.74) is 8.28. The largest absolute Gasteiger partial charge is 0.363 e. The third-order valence-corrected chi connectivity index (χ3v) is 5.60. The number of nitrogens with zero attached hydrogens (tertiary/aromatic N) is 2. The molecular weight excluding hydrogens is 340 g/mol. The first-order valence-corrected chi connectivity index (χ1v) is 9.53. The van der Waals surface area contributed by atoms with Crippen molar-refractivity contribution < 1.29 is 0 Å². The second kappa shape index (κ2) is 6.92. The lowest BCUT2D eigenvalue weighted by Gasteiger charge is -2.43. The third kappa shape index (κ3) is 3.43. The average molecular weight is 367 g/mol. The first kappa shape index (κ1) is 18.7. The predicted octanol–water partition coefficient (Wildman–Crippen LogP) is 6.73. The summed E-state index contributed by atoms with van der Waals surface area (Å²) >= 11 is 6.21. The fraction of sp³-hybridized carbons (Fsp3) is 0.348. The fourth-order valence-corrected chi connectivity index (χ4v) is 3.94. The zero-order valence-corrected chi connectivity index (χ0v) is 17.3. The van der Waals surface area contributed by atoms with E-state index < -0.39 is 0 Å². The van der Waals surface area contributed by atoms with Gasteiger partial charge >= 0.3 is 0 Å². The average Bonchev–Trinajstić information content (AvgIpc) is 2.56. The van der Waals surface area contributed by atoms with Crippen LogP contribution in [0, 0.1) is 13.8 Å². The van der Waals surface area contributed by atoms with Crippen molar-refractivity contribution in [3.63, 3.8) is 0 Å². The van der Waals surface area contributed by atoms with Gasteiger partial charge in [0.05, 0.1) is 11.2 Å². The zero-order valence-electron chi connectivity index (χ0n) is 16.5. The number of rotatable bonds is 3. The summed E-state index contributed by atoms with van der Waals surface area (Å²) in [6.45, 7) is 14.1. The predicted molar refractivity (Wildman–Crippen MR) is 115 cm³/mol. The number of fused-ring (bicyclic) bond motifs is 1. The van der Waals surface area contributed by atoms with Crippen molar-refractivity contribution in [2.24, 2.45) is 4.99 Å². The minimum atomic E-state index is 0.0343. The van der Waals surface area contributed by atoms with Crippen molar-refractivity contribution in [3.8, 4) is 0 Å². The molecule has 2 nitrogen and oxygen atoms in total. The molecule has 0 saturated heterocycles. The molecule has 0 N–H and O–H groups in total. The summed E-state index contributed by atoms with van der Waals surface area (Å²) in [6, 6.07) is 10.5. The number of allylic oxidation sites excluding steroid dienone is 1. The smallest absolute Gasteiger partial charge is 0.0644 e. The van der Waals surface area contributed by atoms with Crippen molar-refractivity contribution >= 4 is 34.8 Å². The molecule has 0 aromatic heterocycles. The summed E-state index contributed by atoms with van der Waals surface area (Å²) in [4.78, 5) is 7.10. The summed E-state index contributed by atoms with van der Waals surface area (Å²) < 4.78 is 0. The van der Waals surface area contributed by atoms with Gasteiger partial charge in [0, 0.05) is 29.0 Å². The van der Waals surface area contributed by atoms with Gasteiger partial charge in [0.1, 0.15) is 0 Å². The maximum Gasteiger partial charge on any atom is 0.0644 e. The molecule has 0 fully saturated rings. The van der Waals surface area contributed by atoms with E-state index in [0.717, 1.165) is 28.4 Å². The van der Waals surface area contributed by atoms with Gasteiger partial charge in [0.2, 0.25) is 0 Å². The molecule has 2 aromatic rings. The standard InChI is InChI=1S/C23H27ClN2/c1-7-26-22-10-16(3)18(11-20(22)17(4)13-23(26,5)6)14-25-19-9-8-15(2)21(24)12-19/h8-14H,7H2,1-6H3. The Morgan fingerprint density at radius 1 is 1.08 bits per heavy atom. The molecule has 0 bridgehead atoms. The molecule has 0 aliphatic carbocycles. The van der Waals surface area contributed by atoms with Crippen LogP contribution in [-0.4, -0.2) is 18.3 Å². The molecule has 3 heteroatoms. The number of aryl methyl sites for hydroxylation is 2. The van der Waals surface area contributed by atoms with E-state index in [2.05, 4.69) is 62.7 Å². The van der Waals surface area contributed by atoms with Gasteiger partial charge in [0.25, 0.3) is 0 Å². The molecule has 0 unspecified atom stereocenters. The van der Waals surface area contributed by atoms with Gasteiger partial charge in [-0.05, 0) is 88.1 Å². The van der Waals surface area contributed by atoms with E-state index in [-0.39, 0.29) is 5.54 Å². The number of likely N-dealkylation sites (N-methyl/N-ethyl adjacent to an activating group) is 1. The van der Waals surface area contributed by atoms with E-state index in [1.54, 1.807) is 0 Å². The summed E-state index contributed by atoms with van der Waals surface area (Å²) in [6.07, 6.45) is 4.30. The molecule has 0 saturated carbocycles. The third-order valence-electron chi connectivity index (χ3n) is 5.19. The first-order chi connectivity index (χ1) is 12.2. The molecule has 136 valence electrons. The Morgan fingerprint density at radius 2 is 1.81 bits per heavy atom. The molecule has 2 aromatic carbocycles. The monoisotopic (exact) mass is 366 g/mol. The van der Waals surface area contributed by atoms with Crippen LogP contribution < -0.4 is 4.90 Å². The molecule has 0 amide bonds. The summed E-state index contributed by atoms with van der Waals surface area (Å²) in [5.74, 6) is 0. The Labute approximate surface area is 162 Å². The molecule has 0 spiro atoms. The van der Waals surface area contributed by atoms with Crippen LogP contribution in [0.15, 0.2) is 41.4 Å². The van der Waals surface area contributed by atoms with Crippen LogP contribution >= 0.6 is 11.6 Å². The van der Waals surface area contributed by atoms with Crippen LogP contribution in [-0.2, 0) is 0 Å². The molecule has 1 heterocycles. The van der Waals surface area contributed by atoms with E-state index >= 15 is 0 Å². The van der Waals surface area contributed by atoms with Gasteiger partial charge in [-0.3, -0.25) is 4.99 Å². The fourth-order valence-electron chi connectivity index (χ4n) is 3.77. The summed E-state index contributed by atoms with van der Waals surface area (Å²) in [7, 11) is 0. The van der Waals surface area contributed by atoms with Crippen molar-refractivity contribution in [3.05, 3.63) is 63.7 Å². The number of hydrogen-bond acceptors (Lipinski definition) is 2. The second-order valence-electron chi connectivity index (χ2n) is 7.64. The lowest BCUT2D eigenvalue weighted by Crippen LogP contribution is -2.45. The van der Waals surface area contributed by atoms with E-state index in [9.17, 15) is 0 Å². The van der Waals surface area contributed by atoms with E-state index in [0.29, 0.717) is 0 Å². The molecular formula is C23H27ClN2. The number of halogens is 1. The van der Waals surface area contributed by atoms with Gasteiger partial charge in [-0.15, -0.1) is 0 Å². The molecule has 1 aliphatic rings. The van der Waals surface area contributed by atoms with Crippen LogP contribution in [0.2, 0.25) is 5.02 Å². The van der Waals surface area contributed by atoms with E-state index in [1.807, 2.05) is 31.3 Å². The van der Waals surface area contributed by atoms with Crippen LogP contribution in [0.5, 0.6) is 0 Å². The topological polar surface area (TPSA) is 15.6 Å². The van der Waals surface area contributed by atoms with Gasteiger partial charge in [-0.2, -0.15) is 0 Å². The minimum absolute atomic E-state index is 0.0343. The van der Waals surface area contributed by atoms with Crippen LogP contribution in [0.3, 0.4) is 0 Å². The molecule has 26 heavy (non-hydrogen) atoms. The van der Waals surface area contributed by atoms with Gasteiger partial charge < -0.3 is 4.90 Å². The first-order valence-electron chi connectivity index (χ1n) is 9.15. The molecule has 0 atom stereocenters. The van der Waals surface area contributed by atoms with Crippen molar-refractivity contribution in [1.82, 2.24) is 0 Å². The van der Waals surface area contributed by atoms with Crippen molar-refractivity contribution in [1.29, 1.82) is 0 Å². The number of aliphatic imine (C=N–C) groups is 1. The highest BCUT2D eigenvalue weighted by molar-refractivity contribution is 6.31. The van der Waals surface area contributed by atoms with Crippen LogP contribution in [0.1, 0.15) is 49.9 Å². The molecule has 0 radical (unpaired) electrons. The number of anilines is 1. The highest BCUT2D eigenvalue weighted by atomic mass is 35.5. The lowest BCUT2D eigenvalue weighted by molar-refractivity contribution is 0.566. The Balaban J connectivity index is 2.02. The number of hydrogen-bond donors (Lipinski definition) is 0. The van der Waals surface area contributed by atoms with E-state index in [1.165, 1.54) is 22.4 Å². The Kier molecular flexibility index (Phi) is 4.98. The Hall–Kier alpha value is -2.06. The normalized spacial score (nSPS) is 16.0. The van der Waals surface area contributed by atoms with Gasteiger partial charge in [-0.1, -0.05) is 23.7 Å². The molecule has 3 rings (SSSR count). The van der Waals surface area contributed by atoms with Crippen LogP contribution in [0.25, 0.3) is 5.57 Å². The lowest BCUT2D eigenvalue weighted by atomic mass is 9.87. The summed E-state index contributed by atoms with van der Waals surface area (Å²) in [5, 5.41) is 0.751. The van der Waals surface area contributed by atoms with Crippen LogP contribution in [0.4, 0.5) is 11.4 Å². The van der Waals surface area contributed by atoms with Crippen molar-refractivity contribution in [2.75, 3.05) is 11.4 Å². The quantitative estimate of drug-likeness (QED) is 0.550. The molecule has 1 aliphatic heterocycles. The van der Waals surface area contributed by atoms with E-state index in [4.69, 9.17) is 11.6 Å². The highest BCUT2D eigenvalue weighted by Crippen LogP contribution is 2.39. The Morgan fingerprint density at radius 3 is 2.46 bits per heavy atom. The highest BCUT2D eigenvalue weighted by Gasteiger charge is 2.30.